The average molecular weight is 451 g/mol. The summed E-state index contributed by atoms with van der Waals surface area (Å²) in [5.74, 6) is 0.764. The van der Waals surface area contributed by atoms with Gasteiger partial charge in [0.15, 0.2) is 5.96 Å². The molecule has 0 heterocycles. The van der Waals surface area contributed by atoms with Crippen LogP contribution in [-0.2, 0) is 14.2 Å². The summed E-state index contributed by atoms with van der Waals surface area (Å²) in [6.07, 6.45) is 0.906. The fraction of sp³-hybridized carbons (Fsp3) is 0.588. The van der Waals surface area contributed by atoms with Crippen molar-refractivity contribution in [1.29, 1.82) is 0 Å². The van der Waals surface area contributed by atoms with Gasteiger partial charge in [-0.25, -0.2) is 0 Å². The summed E-state index contributed by atoms with van der Waals surface area (Å²) in [6, 6.07) is 10.1. The molecule has 1 atom stereocenters. The van der Waals surface area contributed by atoms with E-state index in [0.717, 1.165) is 24.5 Å². The number of ether oxygens (including phenoxy) is 3. The van der Waals surface area contributed by atoms with Crippen LogP contribution >= 0.6 is 24.0 Å². The quantitative estimate of drug-likeness (QED) is 0.234. The number of rotatable bonds is 11. The Hall–Kier alpha value is -0.900. The minimum absolute atomic E-state index is 0. The van der Waals surface area contributed by atoms with Gasteiger partial charge in [0.2, 0.25) is 0 Å². The normalized spacial score (nSPS) is 12.4. The third-order valence-corrected chi connectivity index (χ3v) is 3.32. The Morgan fingerprint density at radius 1 is 1.08 bits per heavy atom. The van der Waals surface area contributed by atoms with Gasteiger partial charge < -0.3 is 24.8 Å². The summed E-state index contributed by atoms with van der Waals surface area (Å²) >= 11 is 0. The Bertz CT molecular complexity index is 432. The molecule has 1 unspecified atom stereocenters. The topological polar surface area (TPSA) is 64.1 Å². The number of hydrogen-bond acceptors (Lipinski definition) is 4. The second-order valence-electron chi connectivity index (χ2n) is 4.97. The summed E-state index contributed by atoms with van der Waals surface area (Å²) in [4.78, 5) is 4.21. The largest absolute Gasteiger partial charge is 0.382 e. The Balaban J connectivity index is 0.00000529. The molecule has 0 saturated carbocycles. The zero-order valence-corrected chi connectivity index (χ0v) is 17.1. The molecule has 6 nitrogen and oxygen atoms in total. The second kappa shape index (κ2) is 15.6. The molecule has 0 aliphatic rings. The van der Waals surface area contributed by atoms with Crippen LogP contribution in [0, 0.1) is 0 Å². The summed E-state index contributed by atoms with van der Waals surface area (Å²) < 4.78 is 15.9. The van der Waals surface area contributed by atoms with Crippen LogP contribution in [-0.4, -0.2) is 60.1 Å². The van der Waals surface area contributed by atoms with Crippen LogP contribution < -0.4 is 10.6 Å². The average Bonchev–Trinajstić information content (AvgIpc) is 2.60. The van der Waals surface area contributed by atoms with Crippen LogP contribution in [0.4, 0.5) is 0 Å². The molecule has 7 heteroatoms. The molecule has 1 rings (SSSR count). The van der Waals surface area contributed by atoms with Crippen molar-refractivity contribution in [2.75, 3.05) is 54.2 Å². The third-order valence-electron chi connectivity index (χ3n) is 3.32. The van der Waals surface area contributed by atoms with Gasteiger partial charge >= 0.3 is 0 Å². The number of benzene rings is 1. The van der Waals surface area contributed by atoms with Gasteiger partial charge in [-0.15, -0.1) is 24.0 Å². The van der Waals surface area contributed by atoms with Crippen molar-refractivity contribution in [3.63, 3.8) is 0 Å². The number of aliphatic imine (C=N–C) groups is 1. The second-order valence-corrected chi connectivity index (χ2v) is 4.97. The summed E-state index contributed by atoms with van der Waals surface area (Å²) in [5, 5.41) is 6.55. The molecule has 0 aromatic heterocycles. The lowest BCUT2D eigenvalue weighted by Gasteiger charge is -2.18. The molecule has 1 aromatic carbocycles. The molecule has 0 aliphatic heterocycles. The number of nitrogens with one attached hydrogen (secondary N) is 2. The molecule has 0 spiro atoms. The van der Waals surface area contributed by atoms with E-state index in [0.29, 0.717) is 26.4 Å². The highest BCUT2D eigenvalue weighted by atomic mass is 127. The van der Waals surface area contributed by atoms with Crippen LogP contribution in [0.3, 0.4) is 0 Å². The first-order chi connectivity index (χ1) is 11.3. The van der Waals surface area contributed by atoms with Gasteiger partial charge in [0, 0.05) is 41.0 Å². The van der Waals surface area contributed by atoms with E-state index in [4.69, 9.17) is 14.2 Å². The minimum Gasteiger partial charge on any atom is -0.382 e. The number of hydrogen-bond donors (Lipinski definition) is 2. The van der Waals surface area contributed by atoms with Crippen molar-refractivity contribution < 1.29 is 14.2 Å². The van der Waals surface area contributed by atoms with E-state index in [9.17, 15) is 0 Å². The molecule has 0 amide bonds. The van der Waals surface area contributed by atoms with Crippen LogP contribution in [0.25, 0.3) is 0 Å². The zero-order chi connectivity index (χ0) is 16.8. The molecule has 138 valence electrons. The highest BCUT2D eigenvalue weighted by Gasteiger charge is 2.10. The first-order valence-corrected chi connectivity index (χ1v) is 7.90. The van der Waals surface area contributed by atoms with Gasteiger partial charge in [-0.2, -0.15) is 0 Å². The standard InChI is InChI=1S/C17H29N3O3.HI/c1-18-17(19-10-7-11-23-13-12-21-2)20-14-16(22-3)15-8-5-4-6-9-15;/h4-6,8-9,16H,7,10-14H2,1-3H3,(H2,18,19,20);1H. The summed E-state index contributed by atoms with van der Waals surface area (Å²) in [5.41, 5.74) is 1.14. The lowest BCUT2D eigenvalue weighted by molar-refractivity contribution is 0.0698. The molecule has 0 saturated heterocycles. The zero-order valence-electron chi connectivity index (χ0n) is 14.8. The molecule has 0 radical (unpaired) electrons. The predicted octanol–water partition coefficient (Wildman–Crippen LogP) is 2.21. The molecular weight excluding hydrogens is 421 g/mol. The Labute approximate surface area is 162 Å². The van der Waals surface area contributed by atoms with E-state index >= 15 is 0 Å². The van der Waals surface area contributed by atoms with Crippen molar-refractivity contribution in [3.8, 4) is 0 Å². The Kier molecular flexibility index (Phi) is 15.0. The van der Waals surface area contributed by atoms with E-state index in [1.54, 1.807) is 21.3 Å². The molecule has 2 N–H and O–H groups in total. The highest BCUT2D eigenvalue weighted by Crippen LogP contribution is 2.14. The maximum Gasteiger partial charge on any atom is 0.191 e. The third kappa shape index (κ3) is 10.1. The first kappa shape index (κ1) is 23.1. The molecule has 1 aromatic rings. The number of methoxy groups -OCH3 is 2. The summed E-state index contributed by atoms with van der Waals surface area (Å²) in [6.45, 7) is 3.43. The number of guanidine groups is 1. The van der Waals surface area contributed by atoms with Gasteiger partial charge in [-0.1, -0.05) is 30.3 Å². The SMILES string of the molecule is CN=C(NCCCOCCOC)NCC(OC)c1ccccc1.I. The Morgan fingerprint density at radius 3 is 2.46 bits per heavy atom. The molecule has 0 bridgehead atoms. The van der Waals surface area contributed by atoms with Gasteiger partial charge in [0.1, 0.15) is 0 Å². The maximum atomic E-state index is 5.53. The van der Waals surface area contributed by atoms with Gasteiger partial charge in [0.05, 0.1) is 19.3 Å². The maximum absolute atomic E-state index is 5.53. The first-order valence-electron chi connectivity index (χ1n) is 7.90. The van der Waals surface area contributed by atoms with Crippen molar-refractivity contribution >= 4 is 29.9 Å². The smallest absolute Gasteiger partial charge is 0.191 e. The van der Waals surface area contributed by atoms with Crippen molar-refractivity contribution in [1.82, 2.24) is 10.6 Å². The lowest BCUT2D eigenvalue weighted by Crippen LogP contribution is -2.40. The lowest BCUT2D eigenvalue weighted by atomic mass is 10.1. The van der Waals surface area contributed by atoms with E-state index in [1.165, 1.54) is 0 Å². The van der Waals surface area contributed by atoms with Crippen molar-refractivity contribution in [2.24, 2.45) is 4.99 Å². The van der Waals surface area contributed by atoms with Gasteiger partial charge in [-0.3, -0.25) is 4.99 Å². The molecule has 0 aliphatic carbocycles. The van der Waals surface area contributed by atoms with E-state index in [2.05, 4.69) is 27.8 Å². The van der Waals surface area contributed by atoms with Crippen LogP contribution in [0.1, 0.15) is 18.1 Å². The number of halogens is 1. The monoisotopic (exact) mass is 451 g/mol. The fourth-order valence-corrected chi connectivity index (χ4v) is 2.04. The highest BCUT2D eigenvalue weighted by molar-refractivity contribution is 14.0. The predicted molar refractivity (Wildman–Crippen MR) is 108 cm³/mol. The number of nitrogens with zero attached hydrogens (tertiary/aromatic N) is 1. The van der Waals surface area contributed by atoms with E-state index in [1.807, 2.05) is 18.2 Å². The van der Waals surface area contributed by atoms with Crippen LogP contribution in [0.5, 0.6) is 0 Å². The van der Waals surface area contributed by atoms with Crippen LogP contribution in [0.15, 0.2) is 35.3 Å². The van der Waals surface area contributed by atoms with E-state index in [-0.39, 0.29) is 30.1 Å². The fourth-order valence-electron chi connectivity index (χ4n) is 2.04. The van der Waals surface area contributed by atoms with Gasteiger partial charge in [-0.05, 0) is 12.0 Å². The van der Waals surface area contributed by atoms with Crippen molar-refractivity contribution in [2.45, 2.75) is 12.5 Å². The Morgan fingerprint density at radius 2 is 1.83 bits per heavy atom. The van der Waals surface area contributed by atoms with Gasteiger partial charge in [0.25, 0.3) is 0 Å². The van der Waals surface area contributed by atoms with E-state index < -0.39 is 0 Å². The van der Waals surface area contributed by atoms with Crippen LogP contribution in [0.2, 0.25) is 0 Å². The summed E-state index contributed by atoms with van der Waals surface area (Å²) in [7, 11) is 5.14. The van der Waals surface area contributed by atoms with Crippen molar-refractivity contribution in [3.05, 3.63) is 35.9 Å². The molecular formula is C17H30IN3O3. The minimum atomic E-state index is -0.00729. The molecule has 24 heavy (non-hydrogen) atoms. The molecule has 0 fully saturated rings.